The monoisotopic (exact) mass is 325 g/mol. The molecule has 0 aliphatic carbocycles. The fourth-order valence-electron chi connectivity index (χ4n) is 3.17. The van der Waals surface area contributed by atoms with E-state index < -0.39 is 6.10 Å². The molecule has 1 N–H and O–H groups in total. The molecule has 0 bridgehead atoms. The van der Waals surface area contributed by atoms with Crippen LogP contribution in [0.15, 0.2) is 48.5 Å². The minimum atomic E-state index is -0.578. The number of β-amino-alcohol motifs (C(OH)–C–C–N with tert-alkyl or cyclic N) is 1. The quantitative estimate of drug-likeness (QED) is 0.829. The summed E-state index contributed by atoms with van der Waals surface area (Å²) in [5.41, 5.74) is 3.19. The van der Waals surface area contributed by atoms with Gasteiger partial charge in [-0.3, -0.25) is 4.79 Å². The summed E-state index contributed by atoms with van der Waals surface area (Å²) >= 11 is 0. The number of hydrogen-bond donors (Lipinski definition) is 1. The SMILES string of the molecule is CC(=O)c1ccc(OC[C@H](O)CN2c3ccccc3C[C@H]2C)cc1. The first-order chi connectivity index (χ1) is 11.5. The number of Topliss-reactive ketones (excluding diaryl/α,β-unsaturated/α-hetero) is 1. The lowest BCUT2D eigenvalue weighted by Gasteiger charge is -2.27. The van der Waals surface area contributed by atoms with Gasteiger partial charge >= 0.3 is 0 Å². The lowest BCUT2D eigenvalue weighted by atomic mass is 10.1. The third-order valence-electron chi connectivity index (χ3n) is 4.46. The Morgan fingerprint density at radius 2 is 1.96 bits per heavy atom. The summed E-state index contributed by atoms with van der Waals surface area (Å²) in [5.74, 6) is 0.692. The molecule has 0 unspecified atom stereocenters. The number of hydrogen-bond acceptors (Lipinski definition) is 4. The molecule has 0 saturated heterocycles. The van der Waals surface area contributed by atoms with Crippen LogP contribution in [-0.4, -0.2) is 36.2 Å². The van der Waals surface area contributed by atoms with Crippen LogP contribution in [0, 0.1) is 0 Å². The van der Waals surface area contributed by atoms with Crippen LogP contribution in [-0.2, 0) is 6.42 Å². The molecule has 4 heteroatoms. The lowest BCUT2D eigenvalue weighted by molar-refractivity contribution is 0.101. The molecule has 2 aromatic rings. The summed E-state index contributed by atoms with van der Waals surface area (Å²) in [4.78, 5) is 13.5. The maximum absolute atomic E-state index is 11.3. The number of ether oxygens (including phenoxy) is 1. The molecule has 4 nitrogen and oxygen atoms in total. The first kappa shape index (κ1) is 16.5. The number of nitrogens with zero attached hydrogens (tertiary/aromatic N) is 1. The Labute approximate surface area is 142 Å². The van der Waals surface area contributed by atoms with Gasteiger partial charge in [0.25, 0.3) is 0 Å². The fourth-order valence-corrected chi connectivity index (χ4v) is 3.17. The predicted molar refractivity (Wildman–Crippen MR) is 94.9 cm³/mol. The van der Waals surface area contributed by atoms with Gasteiger partial charge in [-0.1, -0.05) is 18.2 Å². The number of para-hydroxylation sites is 1. The molecule has 0 spiro atoms. The van der Waals surface area contributed by atoms with Crippen molar-refractivity contribution in [1.29, 1.82) is 0 Å². The van der Waals surface area contributed by atoms with Crippen molar-refractivity contribution in [2.75, 3.05) is 18.1 Å². The van der Waals surface area contributed by atoms with Crippen LogP contribution in [0.2, 0.25) is 0 Å². The highest BCUT2D eigenvalue weighted by Gasteiger charge is 2.27. The highest BCUT2D eigenvalue weighted by atomic mass is 16.5. The minimum absolute atomic E-state index is 0.0308. The lowest BCUT2D eigenvalue weighted by Crippen LogP contribution is -2.39. The molecular formula is C20H23NO3. The number of rotatable bonds is 6. The van der Waals surface area contributed by atoms with Gasteiger partial charge in [-0.2, -0.15) is 0 Å². The van der Waals surface area contributed by atoms with Crippen molar-refractivity contribution >= 4 is 11.5 Å². The van der Waals surface area contributed by atoms with E-state index >= 15 is 0 Å². The predicted octanol–water partition coefficient (Wildman–Crippen LogP) is 3.08. The molecule has 3 rings (SSSR count). The van der Waals surface area contributed by atoms with Gasteiger partial charge in [0.1, 0.15) is 18.5 Å². The maximum atomic E-state index is 11.3. The molecule has 126 valence electrons. The molecule has 0 aromatic heterocycles. The first-order valence-electron chi connectivity index (χ1n) is 8.31. The van der Waals surface area contributed by atoms with Crippen LogP contribution >= 0.6 is 0 Å². The highest BCUT2D eigenvalue weighted by Crippen LogP contribution is 2.31. The Hall–Kier alpha value is -2.33. The Morgan fingerprint density at radius 3 is 2.67 bits per heavy atom. The molecule has 2 aromatic carbocycles. The van der Waals surface area contributed by atoms with Crippen LogP contribution in [0.3, 0.4) is 0 Å². The van der Waals surface area contributed by atoms with Crippen LogP contribution in [0.25, 0.3) is 0 Å². The Kier molecular flexibility index (Phi) is 4.86. The van der Waals surface area contributed by atoms with Gasteiger partial charge in [0.15, 0.2) is 5.78 Å². The van der Waals surface area contributed by atoms with Gasteiger partial charge in [-0.25, -0.2) is 0 Å². The number of ketones is 1. The molecular weight excluding hydrogens is 302 g/mol. The molecule has 0 saturated carbocycles. The van der Waals surface area contributed by atoms with Gasteiger partial charge in [0.05, 0.1) is 0 Å². The smallest absolute Gasteiger partial charge is 0.159 e. The zero-order valence-electron chi connectivity index (χ0n) is 14.1. The molecule has 24 heavy (non-hydrogen) atoms. The first-order valence-corrected chi connectivity index (χ1v) is 8.31. The summed E-state index contributed by atoms with van der Waals surface area (Å²) in [6.45, 7) is 4.48. The zero-order valence-corrected chi connectivity index (χ0v) is 14.1. The number of fused-ring (bicyclic) bond motifs is 1. The van der Waals surface area contributed by atoms with Gasteiger partial charge in [0.2, 0.25) is 0 Å². The van der Waals surface area contributed by atoms with Gasteiger partial charge < -0.3 is 14.7 Å². The molecule has 0 fully saturated rings. The van der Waals surface area contributed by atoms with E-state index in [1.165, 1.54) is 18.2 Å². The van der Waals surface area contributed by atoms with Gasteiger partial charge in [-0.05, 0) is 56.2 Å². The summed E-state index contributed by atoms with van der Waals surface area (Å²) in [6.07, 6.45) is 0.432. The number of anilines is 1. The van der Waals surface area contributed by atoms with Crippen LogP contribution in [0.4, 0.5) is 5.69 Å². The zero-order chi connectivity index (χ0) is 17.1. The molecule has 1 aliphatic rings. The number of carbonyl (C=O) groups excluding carboxylic acids is 1. The van der Waals surface area contributed by atoms with Crippen molar-refractivity contribution in [3.63, 3.8) is 0 Å². The van der Waals surface area contributed by atoms with E-state index in [1.807, 2.05) is 6.07 Å². The fraction of sp³-hybridized carbons (Fsp3) is 0.350. The second kappa shape index (κ2) is 7.05. The third kappa shape index (κ3) is 3.60. The number of aliphatic hydroxyl groups excluding tert-OH is 1. The number of carbonyl (C=O) groups is 1. The summed E-state index contributed by atoms with van der Waals surface area (Å²) in [7, 11) is 0. The normalized spacial score (nSPS) is 17.5. The van der Waals surface area contributed by atoms with E-state index in [9.17, 15) is 9.90 Å². The summed E-state index contributed by atoms with van der Waals surface area (Å²) in [6, 6.07) is 15.7. The van der Waals surface area contributed by atoms with Crippen LogP contribution in [0.1, 0.15) is 29.8 Å². The molecule has 0 radical (unpaired) electrons. The molecule has 1 heterocycles. The molecule has 0 amide bonds. The van der Waals surface area contributed by atoms with Crippen molar-refractivity contribution in [3.05, 3.63) is 59.7 Å². The second-order valence-corrected chi connectivity index (χ2v) is 6.38. The minimum Gasteiger partial charge on any atom is -0.491 e. The molecule has 1 aliphatic heterocycles. The van der Waals surface area contributed by atoms with E-state index in [-0.39, 0.29) is 12.4 Å². The van der Waals surface area contributed by atoms with E-state index in [4.69, 9.17) is 4.74 Å². The second-order valence-electron chi connectivity index (χ2n) is 6.38. The van der Waals surface area contributed by atoms with Crippen molar-refractivity contribution in [1.82, 2.24) is 0 Å². The van der Waals surface area contributed by atoms with E-state index in [1.54, 1.807) is 24.3 Å². The summed E-state index contributed by atoms with van der Waals surface area (Å²) < 4.78 is 5.65. The highest BCUT2D eigenvalue weighted by molar-refractivity contribution is 5.94. The topological polar surface area (TPSA) is 49.8 Å². The van der Waals surface area contributed by atoms with Crippen LogP contribution in [0.5, 0.6) is 5.75 Å². The molecule has 2 atom stereocenters. The van der Waals surface area contributed by atoms with Crippen molar-refractivity contribution in [2.45, 2.75) is 32.4 Å². The average molecular weight is 325 g/mol. The average Bonchev–Trinajstić information content (AvgIpc) is 2.89. The Morgan fingerprint density at radius 1 is 1.25 bits per heavy atom. The maximum Gasteiger partial charge on any atom is 0.159 e. The third-order valence-corrected chi connectivity index (χ3v) is 4.46. The van der Waals surface area contributed by atoms with E-state index in [0.717, 1.165) is 6.42 Å². The Bertz CT molecular complexity index is 711. The van der Waals surface area contributed by atoms with Gasteiger partial charge in [0, 0.05) is 23.8 Å². The summed E-state index contributed by atoms with van der Waals surface area (Å²) in [5, 5.41) is 10.3. The standard InChI is InChI=1S/C20H23NO3/c1-14-11-17-5-3-4-6-20(17)21(14)12-18(23)13-24-19-9-7-16(8-10-19)15(2)22/h3-10,14,18,23H,11-13H2,1-2H3/t14-,18-/m1/s1. The number of benzene rings is 2. The Balaban J connectivity index is 1.56. The van der Waals surface area contributed by atoms with Crippen LogP contribution < -0.4 is 9.64 Å². The van der Waals surface area contributed by atoms with Gasteiger partial charge in [-0.15, -0.1) is 0 Å². The van der Waals surface area contributed by atoms with Crippen molar-refractivity contribution in [2.24, 2.45) is 0 Å². The van der Waals surface area contributed by atoms with E-state index in [0.29, 0.717) is 23.9 Å². The number of aliphatic hydroxyl groups is 1. The van der Waals surface area contributed by atoms with Crippen molar-refractivity contribution in [3.8, 4) is 5.75 Å². The van der Waals surface area contributed by atoms with Crippen molar-refractivity contribution < 1.29 is 14.6 Å². The largest absolute Gasteiger partial charge is 0.491 e. The van der Waals surface area contributed by atoms with E-state index in [2.05, 4.69) is 30.0 Å².